The van der Waals surface area contributed by atoms with Crippen molar-refractivity contribution in [2.45, 2.75) is 46.7 Å². The molecule has 4 aromatic rings. The van der Waals surface area contributed by atoms with Crippen LogP contribution in [0.25, 0.3) is 10.8 Å². The van der Waals surface area contributed by atoms with Gasteiger partial charge in [-0.05, 0) is 56.5 Å². The molecule has 8 nitrogen and oxygen atoms in total. The number of aromatic nitrogens is 3. The zero-order valence-electron chi connectivity index (χ0n) is 21.6. The summed E-state index contributed by atoms with van der Waals surface area (Å²) in [5, 5.41) is 5.05. The summed E-state index contributed by atoms with van der Waals surface area (Å²) in [5.41, 5.74) is 3.24. The number of Topliss-reactive ketones (excluding diaryl/α,β-unsaturated/α-hetero) is 1. The Morgan fingerprint density at radius 2 is 1.68 bits per heavy atom. The van der Waals surface area contributed by atoms with Crippen LogP contribution in [0.2, 0.25) is 0 Å². The van der Waals surface area contributed by atoms with E-state index in [1.54, 1.807) is 31.4 Å². The molecule has 2 aromatic carbocycles. The number of carbonyl (C=O) groups is 2. The van der Waals surface area contributed by atoms with E-state index in [1.807, 2.05) is 51.1 Å². The Kier molecular flexibility index (Phi) is 7.86. The van der Waals surface area contributed by atoms with Crippen LogP contribution in [0.5, 0.6) is 5.75 Å². The lowest BCUT2D eigenvalue weighted by molar-refractivity contribution is 0.0468. The molecule has 0 bridgehead atoms. The Morgan fingerprint density at radius 3 is 2.35 bits per heavy atom. The third kappa shape index (κ3) is 5.48. The molecule has 0 aliphatic carbocycles. The Balaban J connectivity index is 1.48. The van der Waals surface area contributed by atoms with Crippen LogP contribution in [0.3, 0.4) is 0 Å². The van der Waals surface area contributed by atoms with Gasteiger partial charge in [0.1, 0.15) is 5.75 Å². The molecule has 0 unspecified atom stereocenters. The first-order valence-corrected chi connectivity index (χ1v) is 12.3. The lowest BCUT2D eigenvalue weighted by atomic mass is 10.1. The van der Waals surface area contributed by atoms with Gasteiger partial charge < -0.3 is 14.0 Å². The molecule has 8 heteroatoms. The van der Waals surface area contributed by atoms with E-state index in [4.69, 9.17) is 9.47 Å². The third-order valence-corrected chi connectivity index (χ3v) is 6.49. The van der Waals surface area contributed by atoms with Crippen molar-refractivity contribution >= 4 is 22.5 Å². The van der Waals surface area contributed by atoms with Crippen LogP contribution in [0.15, 0.2) is 59.4 Å². The van der Waals surface area contributed by atoms with E-state index in [-0.39, 0.29) is 17.0 Å². The topological polar surface area (TPSA) is 92.4 Å². The number of ketones is 1. The molecule has 2 heterocycles. The molecular weight excluding hydrogens is 470 g/mol. The quantitative estimate of drug-likeness (QED) is 0.234. The van der Waals surface area contributed by atoms with Gasteiger partial charge in [-0.25, -0.2) is 9.48 Å². The normalized spacial score (nSPS) is 11.0. The number of rotatable bonds is 10. The van der Waals surface area contributed by atoms with E-state index in [1.165, 1.54) is 10.2 Å². The van der Waals surface area contributed by atoms with Crippen LogP contribution >= 0.6 is 0 Å². The van der Waals surface area contributed by atoms with E-state index >= 15 is 0 Å². The second kappa shape index (κ2) is 11.2. The summed E-state index contributed by atoms with van der Waals surface area (Å²) in [6, 6.07) is 16.5. The smallest absolute Gasteiger partial charge is 0.359 e. The fraction of sp³-hybridized carbons (Fsp3) is 0.310. The molecule has 0 fully saturated rings. The summed E-state index contributed by atoms with van der Waals surface area (Å²) in [7, 11) is 1.64. The lowest BCUT2D eigenvalue weighted by Crippen LogP contribution is -2.27. The predicted molar refractivity (Wildman–Crippen MR) is 142 cm³/mol. The van der Waals surface area contributed by atoms with Crippen LogP contribution < -0.4 is 10.3 Å². The minimum absolute atomic E-state index is 0.0291. The van der Waals surface area contributed by atoms with E-state index in [0.29, 0.717) is 35.8 Å². The molecule has 0 amide bonds. The molecule has 37 heavy (non-hydrogen) atoms. The van der Waals surface area contributed by atoms with E-state index in [0.717, 1.165) is 23.6 Å². The lowest BCUT2D eigenvalue weighted by Gasteiger charge is -2.11. The first kappa shape index (κ1) is 25.9. The van der Waals surface area contributed by atoms with Crippen LogP contribution in [-0.2, 0) is 24.2 Å². The highest BCUT2D eigenvalue weighted by Crippen LogP contribution is 2.19. The molecule has 0 saturated heterocycles. The van der Waals surface area contributed by atoms with Gasteiger partial charge in [0, 0.05) is 35.4 Å². The number of esters is 1. The van der Waals surface area contributed by atoms with Crippen molar-refractivity contribution in [1.82, 2.24) is 14.3 Å². The molecule has 0 radical (unpaired) electrons. The SMILES string of the molecule is CCCn1nc(C(=O)OCC(=O)c2cc(C)n(CCc3ccc(OC)cc3)c2C)c2ccccc2c1=O. The maximum atomic E-state index is 13.0. The molecule has 4 rings (SSSR count). The number of fused-ring (bicyclic) bond motifs is 1. The zero-order valence-corrected chi connectivity index (χ0v) is 21.6. The van der Waals surface area contributed by atoms with Gasteiger partial charge in [-0.2, -0.15) is 5.10 Å². The molecule has 0 spiro atoms. The number of nitrogens with zero attached hydrogens (tertiary/aromatic N) is 3. The van der Waals surface area contributed by atoms with Gasteiger partial charge in [-0.1, -0.05) is 37.3 Å². The fourth-order valence-corrected chi connectivity index (χ4v) is 4.49. The van der Waals surface area contributed by atoms with Crippen LogP contribution in [0.4, 0.5) is 0 Å². The van der Waals surface area contributed by atoms with Crippen LogP contribution in [0, 0.1) is 13.8 Å². The van der Waals surface area contributed by atoms with E-state index < -0.39 is 12.6 Å². The largest absolute Gasteiger partial charge is 0.497 e. The van der Waals surface area contributed by atoms with E-state index in [9.17, 15) is 14.4 Å². The average Bonchev–Trinajstić information content (AvgIpc) is 3.20. The summed E-state index contributed by atoms with van der Waals surface area (Å²) in [6.07, 6.45) is 1.49. The highest BCUT2D eigenvalue weighted by molar-refractivity contribution is 6.04. The number of methoxy groups -OCH3 is 1. The zero-order chi connectivity index (χ0) is 26.5. The molecule has 0 N–H and O–H groups in total. The van der Waals surface area contributed by atoms with Gasteiger partial charge in [0.25, 0.3) is 5.56 Å². The van der Waals surface area contributed by atoms with Gasteiger partial charge in [-0.3, -0.25) is 9.59 Å². The van der Waals surface area contributed by atoms with Gasteiger partial charge in [-0.15, -0.1) is 0 Å². The first-order chi connectivity index (χ1) is 17.8. The number of aryl methyl sites for hydroxylation is 3. The standard InChI is InChI=1S/C29H31N3O5/c1-5-15-32-28(34)24-9-7-6-8-23(24)27(30-32)29(35)37-18-26(33)25-17-19(2)31(20(25)3)16-14-21-10-12-22(36-4)13-11-21/h6-13,17H,5,14-16,18H2,1-4H3. The fourth-order valence-electron chi connectivity index (χ4n) is 4.49. The van der Waals surface area contributed by atoms with Crippen molar-refractivity contribution in [3.8, 4) is 5.75 Å². The second-order valence-corrected chi connectivity index (χ2v) is 8.96. The molecule has 0 aliphatic heterocycles. The van der Waals surface area contributed by atoms with Crippen LogP contribution in [-0.4, -0.2) is 39.8 Å². The second-order valence-electron chi connectivity index (χ2n) is 8.96. The van der Waals surface area contributed by atoms with Crippen molar-refractivity contribution < 1.29 is 19.1 Å². The highest BCUT2D eigenvalue weighted by atomic mass is 16.5. The van der Waals surface area contributed by atoms with Crippen molar-refractivity contribution in [2.75, 3.05) is 13.7 Å². The highest BCUT2D eigenvalue weighted by Gasteiger charge is 2.21. The number of hydrogen-bond acceptors (Lipinski definition) is 6. The Labute approximate surface area is 215 Å². The molecular formula is C29H31N3O5. The van der Waals surface area contributed by atoms with E-state index in [2.05, 4.69) is 9.67 Å². The molecule has 192 valence electrons. The van der Waals surface area contributed by atoms with Crippen molar-refractivity contribution in [1.29, 1.82) is 0 Å². The van der Waals surface area contributed by atoms with Crippen LogP contribution in [0.1, 0.15) is 51.1 Å². The van der Waals surface area contributed by atoms with Gasteiger partial charge in [0.15, 0.2) is 12.3 Å². The molecule has 0 atom stereocenters. The Morgan fingerprint density at radius 1 is 0.973 bits per heavy atom. The maximum Gasteiger partial charge on any atom is 0.359 e. The first-order valence-electron chi connectivity index (χ1n) is 12.3. The summed E-state index contributed by atoms with van der Waals surface area (Å²) >= 11 is 0. The minimum atomic E-state index is -0.734. The molecule has 0 saturated carbocycles. The minimum Gasteiger partial charge on any atom is -0.497 e. The summed E-state index contributed by atoms with van der Waals surface area (Å²) in [6.45, 7) is 6.46. The summed E-state index contributed by atoms with van der Waals surface area (Å²) in [4.78, 5) is 38.7. The maximum absolute atomic E-state index is 13.0. The molecule has 2 aromatic heterocycles. The Hall–Kier alpha value is -4.20. The van der Waals surface area contributed by atoms with Gasteiger partial charge in [0.2, 0.25) is 5.78 Å². The summed E-state index contributed by atoms with van der Waals surface area (Å²) in [5.74, 6) is -0.210. The average molecular weight is 502 g/mol. The number of ether oxygens (including phenoxy) is 2. The van der Waals surface area contributed by atoms with Gasteiger partial charge >= 0.3 is 5.97 Å². The van der Waals surface area contributed by atoms with Crippen molar-refractivity contribution in [2.24, 2.45) is 0 Å². The molecule has 0 aliphatic rings. The monoisotopic (exact) mass is 501 g/mol. The number of benzene rings is 2. The Bertz CT molecular complexity index is 1500. The van der Waals surface area contributed by atoms with Crippen molar-refractivity contribution in [3.63, 3.8) is 0 Å². The predicted octanol–water partition coefficient (Wildman–Crippen LogP) is 4.52. The number of carbonyl (C=O) groups excluding carboxylic acids is 2. The number of hydrogen-bond donors (Lipinski definition) is 0. The third-order valence-electron chi connectivity index (χ3n) is 6.49. The van der Waals surface area contributed by atoms with Gasteiger partial charge in [0.05, 0.1) is 12.5 Å². The summed E-state index contributed by atoms with van der Waals surface area (Å²) < 4.78 is 14.0. The van der Waals surface area contributed by atoms with Crippen molar-refractivity contribution in [3.05, 3.63) is 93.2 Å².